The smallest absolute Gasteiger partial charge is 0.193 e. The van der Waals surface area contributed by atoms with Crippen LogP contribution >= 0.6 is 11.3 Å². The number of rotatable bonds is 3. The van der Waals surface area contributed by atoms with E-state index in [0.29, 0.717) is 0 Å². The number of fused-ring (bicyclic) bond motifs is 2. The molecular formula is C16H20N6S. The number of hydrogen-bond acceptors (Lipinski definition) is 6. The normalized spacial score (nSPS) is 16.1. The minimum Gasteiger partial charge on any atom is -0.362 e. The lowest BCUT2D eigenvalue weighted by atomic mass is 10.1. The second-order valence-corrected chi connectivity index (χ2v) is 6.79. The Morgan fingerprint density at radius 2 is 2.13 bits per heavy atom. The number of imidazole rings is 1. The number of anilines is 1. The number of nitrogens with one attached hydrogen (secondary N) is 2. The number of aromatic nitrogens is 4. The number of nitrogens with zero attached hydrogens (tertiary/aromatic N) is 4. The number of hydrogen-bond donors (Lipinski definition) is 2. The molecule has 2 N–H and O–H groups in total. The Bertz CT molecular complexity index is 808. The predicted molar refractivity (Wildman–Crippen MR) is 92.2 cm³/mol. The Kier molecular flexibility index (Phi) is 3.74. The van der Waals surface area contributed by atoms with E-state index in [1.165, 1.54) is 11.3 Å². The third-order valence-electron chi connectivity index (χ3n) is 4.20. The van der Waals surface area contributed by atoms with Crippen LogP contribution in [0, 0.1) is 6.92 Å². The van der Waals surface area contributed by atoms with Crippen molar-refractivity contribution in [1.82, 2.24) is 24.7 Å². The SMILES string of the molecule is Cc1nc2c(c(NC(C)c3cn4ccsc4n3)n1)CCNCC2. The zero-order chi connectivity index (χ0) is 15.8. The van der Waals surface area contributed by atoms with Gasteiger partial charge in [-0.2, -0.15) is 0 Å². The summed E-state index contributed by atoms with van der Waals surface area (Å²) in [7, 11) is 0. The molecule has 0 aliphatic carbocycles. The van der Waals surface area contributed by atoms with Gasteiger partial charge in [0.1, 0.15) is 11.6 Å². The Morgan fingerprint density at radius 3 is 3.00 bits per heavy atom. The molecule has 120 valence electrons. The van der Waals surface area contributed by atoms with Gasteiger partial charge in [0, 0.05) is 36.3 Å². The molecule has 0 amide bonds. The van der Waals surface area contributed by atoms with E-state index < -0.39 is 0 Å². The topological polar surface area (TPSA) is 67.1 Å². The maximum absolute atomic E-state index is 4.69. The Labute approximate surface area is 139 Å². The molecule has 7 heteroatoms. The van der Waals surface area contributed by atoms with Crippen LogP contribution in [-0.4, -0.2) is 32.4 Å². The van der Waals surface area contributed by atoms with Crippen molar-refractivity contribution in [3.8, 4) is 0 Å². The third-order valence-corrected chi connectivity index (χ3v) is 4.97. The van der Waals surface area contributed by atoms with Crippen molar-refractivity contribution in [2.45, 2.75) is 32.7 Å². The first-order valence-corrected chi connectivity index (χ1v) is 8.84. The van der Waals surface area contributed by atoms with E-state index >= 15 is 0 Å². The van der Waals surface area contributed by atoms with Crippen LogP contribution in [0.25, 0.3) is 4.96 Å². The second kappa shape index (κ2) is 5.90. The molecule has 1 atom stereocenters. The van der Waals surface area contributed by atoms with Crippen molar-refractivity contribution in [2.24, 2.45) is 0 Å². The molecular weight excluding hydrogens is 308 g/mol. The lowest BCUT2D eigenvalue weighted by Gasteiger charge is -2.17. The van der Waals surface area contributed by atoms with Crippen LogP contribution in [0.2, 0.25) is 0 Å². The molecule has 1 unspecified atom stereocenters. The van der Waals surface area contributed by atoms with Crippen molar-refractivity contribution < 1.29 is 0 Å². The standard InChI is InChI=1S/C16H20N6S/c1-10(14-9-22-7-8-23-16(22)21-14)18-15-12-3-5-17-6-4-13(12)19-11(2)20-15/h7-10,17H,3-6H2,1-2H3,(H,18,19,20). The minimum absolute atomic E-state index is 0.108. The highest BCUT2D eigenvalue weighted by molar-refractivity contribution is 7.15. The lowest BCUT2D eigenvalue weighted by Crippen LogP contribution is -2.16. The van der Waals surface area contributed by atoms with Crippen LogP contribution in [0.15, 0.2) is 17.8 Å². The summed E-state index contributed by atoms with van der Waals surface area (Å²) < 4.78 is 2.06. The van der Waals surface area contributed by atoms with Crippen LogP contribution in [-0.2, 0) is 12.8 Å². The molecule has 1 aliphatic rings. The summed E-state index contributed by atoms with van der Waals surface area (Å²) in [5.74, 6) is 1.78. The number of aryl methyl sites for hydroxylation is 1. The summed E-state index contributed by atoms with van der Waals surface area (Å²) >= 11 is 1.65. The molecule has 0 fully saturated rings. The predicted octanol–water partition coefficient (Wildman–Crippen LogP) is 2.36. The Morgan fingerprint density at radius 1 is 1.26 bits per heavy atom. The first-order chi connectivity index (χ1) is 11.2. The van der Waals surface area contributed by atoms with E-state index in [9.17, 15) is 0 Å². The summed E-state index contributed by atoms with van der Waals surface area (Å²) in [5, 5.41) is 9.03. The fourth-order valence-corrected chi connectivity index (χ4v) is 3.73. The molecule has 0 bridgehead atoms. The Balaban J connectivity index is 1.65. The third kappa shape index (κ3) is 2.82. The van der Waals surface area contributed by atoms with E-state index in [0.717, 1.165) is 48.2 Å². The Hall–Kier alpha value is -1.99. The summed E-state index contributed by atoms with van der Waals surface area (Å²) in [6.07, 6.45) is 6.04. The quantitative estimate of drug-likeness (QED) is 0.772. The minimum atomic E-state index is 0.108. The highest BCUT2D eigenvalue weighted by Gasteiger charge is 2.18. The van der Waals surface area contributed by atoms with Crippen LogP contribution in [0.1, 0.15) is 35.7 Å². The summed E-state index contributed by atoms with van der Waals surface area (Å²) in [6, 6.07) is 0.108. The molecule has 3 aromatic heterocycles. The molecule has 0 radical (unpaired) electrons. The van der Waals surface area contributed by atoms with Crippen molar-refractivity contribution in [2.75, 3.05) is 18.4 Å². The summed E-state index contributed by atoms with van der Waals surface area (Å²) in [5.41, 5.74) is 3.45. The molecule has 23 heavy (non-hydrogen) atoms. The molecule has 6 nitrogen and oxygen atoms in total. The van der Waals surface area contributed by atoms with E-state index in [-0.39, 0.29) is 6.04 Å². The van der Waals surface area contributed by atoms with Crippen molar-refractivity contribution >= 4 is 22.1 Å². The molecule has 0 saturated heterocycles. The second-order valence-electron chi connectivity index (χ2n) is 5.92. The molecule has 0 aromatic carbocycles. The summed E-state index contributed by atoms with van der Waals surface area (Å²) in [6.45, 7) is 6.05. The number of thiazole rings is 1. The maximum Gasteiger partial charge on any atom is 0.193 e. The van der Waals surface area contributed by atoms with Crippen molar-refractivity contribution in [3.63, 3.8) is 0 Å². The van der Waals surface area contributed by atoms with Crippen molar-refractivity contribution in [3.05, 3.63) is 40.5 Å². The first-order valence-electron chi connectivity index (χ1n) is 7.96. The van der Waals surface area contributed by atoms with Crippen LogP contribution in [0.4, 0.5) is 5.82 Å². The molecule has 4 heterocycles. The van der Waals surface area contributed by atoms with E-state index in [1.54, 1.807) is 11.3 Å². The van der Waals surface area contributed by atoms with Gasteiger partial charge in [0.05, 0.1) is 17.4 Å². The maximum atomic E-state index is 4.69. The van der Waals surface area contributed by atoms with E-state index in [4.69, 9.17) is 0 Å². The van der Waals surface area contributed by atoms with E-state index in [2.05, 4.69) is 43.1 Å². The van der Waals surface area contributed by atoms with Crippen LogP contribution in [0.3, 0.4) is 0 Å². The highest BCUT2D eigenvalue weighted by Crippen LogP contribution is 2.25. The van der Waals surface area contributed by atoms with Gasteiger partial charge in [-0.3, -0.25) is 4.40 Å². The van der Waals surface area contributed by atoms with Gasteiger partial charge in [-0.25, -0.2) is 15.0 Å². The van der Waals surface area contributed by atoms with Gasteiger partial charge in [-0.15, -0.1) is 11.3 Å². The zero-order valence-corrected chi connectivity index (χ0v) is 14.2. The highest BCUT2D eigenvalue weighted by atomic mass is 32.1. The largest absolute Gasteiger partial charge is 0.362 e. The van der Waals surface area contributed by atoms with Crippen molar-refractivity contribution in [1.29, 1.82) is 0 Å². The lowest BCUT2D eigenvalue weighted by molar-refractivity contribution is 0.708. The molecule has 0 spiro atoms. The average molecular weight is 328 g/mol. The molecule has 4 rings (SSSR count). The van der Waals surface area contributed by atoms with E-state index in [1.807, 2.05) is 18.5 Å². The van der Waals surface area contributed by atoms with Gasteiger partial charge >= 0.3 is 0 Å². The fourth-order valence-electron chi connectivity index (χ4n) is 3.02. The van der Waals surface area contributed by atoms with Gasteiger partial charge in [0.2, 0.25) is 0 Å². The average Bonchev–Trinajstić information content (AvgIpc) is 3.02. The van der Waals surface area contributed by atoms with Crippen LogP contribution < -0.4 is 10.6 Å². The molecule has 1 aliphatic heterocycles. The van der Waals surface area contributed by atoms with Gasteiger partial charge in [-0.1, -0.05) is 0 Å². The van der Waals surface area contributed by atoms with Gasteiger partial charge in [0.15, 0.2) is 4.96 Å². The fraction of sp³-hybridized carbons (Fsp3) is 0.438. The first kappa shape index (κ1) is 14.6. The molecule has 3 aromatic rings. The summed E-state index contributed by atoms with van der Waals surface area (Å²) in [4.78, 5) is 15.0. The van der Waals surface area contributed by atoms with Gasteiger partial charge in [0.25, 0.3) is 0 Å². The van der Waals surface area contributed by atoms with Gasteiger partial charge in [-0.05, 0) is 26.8 Å². The monoisotopic (exact) mass is 328 g/mol. The van der Waals surface area contributed by atoms with Gasteiger partial charge < -0.3 is 10.6 Å². The molecule has 0 saturated carbocycles. The zero-order valence-electron chi connectivity index (χ0n) is 13.3. The van der Waals surface area contributed by atoms with Crippen LogP contribution in [0.5, 0.6) is 0 Å².